The Balaban J connectivity index is 1.86. The summed E-state index contributed by atoms with van der Waals surface area (Å²) in [4.78, 5) is 33.0. The van der Waals surface area contributed by atoms with Gasteiger partial charge in [0.25, 0.3) is 5.91 Å². The van der Waals surface area contributed by atoms with Crippen LogP contribution in [0.1, 0.15) is 69.5 Å². The van der Waals surface area contributed by atoms with Gasteiger partial charge in [0.05, 0.1) is 4.21 Å². The fourth-order valence-electron chi connectivity index (χ4n) is 4.90. The smallest absolute Gasteiger partial charge is 0.255 e. The van der Waals surface area contributed by atoms with Crippen molar-refractivity contribution >= 4 is 40.6 Å². The van der Waals surface area contributed by atoms with Gasteiger partial charge in [-0.05, 0) is 61.6 Å². The maximum absolute atomic E-state index is 13.7. The van der Waals surface area contributed by atoms with Crippen LogP contribution in [0.5, 0.6) is 0 Å². The Bertz CT molecular complexity index is 1210. The summed E-state index contributed by atoms with van der Waals surface area (Å²) >= 11 is 3.57. The third-order valence-electron chi connectivity index (χ3n) is 6.33. The molecule has 2 N–H and O–H groups in total. The minimum Gasteiger partial charge on any atom is -0.362 e. The fraction of sp³-hybridized carbons (Fsp3) is 0.444. The number of carbonyl (C=O) groups excluding carboxylic acids is 2. The molecule has 0 radical (unpaired) electrons. The van der Waals surface area contributed by atoms with Gasteiger partial charge in [-0.2, -0.15) is 0 Å². The van der Waals surface area contributed by atoms with Crippen molar-refractivity contribution < 1.29 is 9.59 Å². The maximum Gasteiger partial charge on any atom is 0.255 e. The second-order valence-electron chi connectivity index (χ2n) is 9.79. The summed E-state index contributed by atoms with van der Waals surface area (Å²) in [7, 11) is 0. The number of nitrogens with one attached hydrogen (secondary N) is 2. The van der Waals surface area contributed by atoms with Gasteiger partial charge < -0.3 is 10.6 Å². The number of hydrogen-bond acceptors (Lipinski definition) is 6. The number of carbonyl (C=O) groups is 2. The first-order valence-electron chi connectivity index (χ1n) is 11.9. The van der Waals surface area contributed by atoms with E-state index in [1.807, 2.05) is 26.0 Å². The van der Waals surface area contributed by atoms with E-state index < -0.39 is 0 Å². The van der Waals surface area contributed by atoms with Gasteiger partial charge in [0, 0.05) is 45.5 Å². The molecular weight excluding hydrogens is 462 g/mol. The van der Waals surface area contributed by atoms with E-state index in [0.29, 0.717) is 17.8 Å². The van der Waals surface area contributed by atoms with E-state index in [4.69, 9.17) is 0 Å². The highest BCUT2D eigenvalue weighted by Crippen LogP contribution is 2.50. The lowest BCUT2D eigenvalue weighted by Gasteiger charge is -2.39. The van der Waals surface area contributed by atoms with Gasteiger partial charge in [-0.1, -0.05) is 33.8 Å². The average molecular weight is 496 g/mol. The van der Waals surface area contributed by atoms with Crippen LogP contribution >= 0.6 is 23.1 Å². The quantitative estimate of drug-likeness (QED) is 0.456. The summed E-state index contributed by atoms with van der Waals surface area (Å²) in [6.45, 7) is 12.4. The summed E-state index contributed by atoms with van der Waals surface area (Å²) in [5.41, 5.74) is 4.94. The Hall–Kier alpha value is -2.38. The van der Waals surface area contributed by atoms with Crippen molar-refractivity contribution in [3.63, 3.8) is 0 Å². The highest BCUT2D eigenvalue weighted by Gasteiger charge is 2.43. The van der Waals surface area contributed by atoms with Crippen molar-refractivity contribution in [1.29, 1.82) is 0 Å². The highest BCUT2D eigenvalue weighted by atomic mass is 32.2. The molecule has 1 atom stereocenters. The van der Waals surface area contributed by atoms with Gasteiger partial charge in [0.1, 0.15) is 5.82 Å². The number of thioether (sulfide) groups is 1. The number of aromatic nitrogens is 1. The van der Waals surface area contributed by atoms with Crippen molar-refractivity contribution in [2.45, 2.75) is 70.9 Å². The van der Waals surface area contributed by atoms with E-state index >= 15 is 0 Å². The predicted molar refractivity (Wildman–Crippen MR) is 141 cm³/mol. The zero-order valence-corrected chi connectivity index (χ0v) is 22.4. The first-order valence-corrected chi connectivity index (χ1v) is 13.7. The summed E-state index contributed by atoms with van der Waals surface area (Å²) in [6, 6.07) is 7.78. The zero-order chi connectivity index (χ0) is 24.6. The number of Topliss-reactive ketones (excluding diaryl/α,β-unsaturated/α-hetero) is 1. The molecule has 2 aliphatic rings. The van der Waals surface area contributed by atoms with Crippen LogP contribution in [0, 0.1) is 12.3 Å². The largest absolute Gasteiger partial charge is 0.362 e. The van der Waals surface area contributed by atoms with E-state index in [2.05, 4.69) is 49.4 Å². The second-order valence-corrected chi connectivity index (χ2v) is 12.5. The minimum atomic E-state index is -0.379. The Kier molecular flexibility index (Phi) is 7.06. The van der Waals surface area contributed by atoms with Crippen LogP contribution < -0.4 is 10.6 Å². The average Bonchev–Trinajstić information content (AvgIpc) is 3.14. The fourth-order valence-corrected chi connectivity index (χ4v) is 7.28. The lowest BCUT2D eigenvalue weighted by atomic mass is 9.69. The Labute approximate surface area is 210 Å². The first kappa shape index (κ1) is 24.7. The third kappa shape index (κ3) is 4.86. The molecule has 2 aromatic heterocycles. The third-order valence-corrected chi connectivity index (χ3v) is 8.81. The van der Waals surface area contributed by atoms with E-state index in [1.165, 1.54) is 9.09 Å². The minimum absolute atomic E-state index is 0.108. The number of thiophene rings is 1. The molecule has 34 heavy (non-hydrogen) atoms. The van der Waals surface area contributed by atoms with E-state index in [0.717, 1.165) is 46.8 Å². The molecule has 0 unspecified atom stereocenters. The molecule has 1 aliphatic heterocycles. The van der Waals surface area contributed by atoms with Gasteiger partial charge in [-0.25, -0.2) is 4.98 Å². The molecule has 0 bridgehead atoms. The normalized spacial score (nSPS) is 19.7. The van der Waals surface area contributed by atoms with Gasteiger partial charge in [0.15, 0.2) is 5.78 Å². The van der Waals surface area contributed by atoms with Crippen molar-refractivity contribution in [3.05, 3.63) is 62.9 Å². The van der Waals surface area contributed by atoms with Crippen LogP contribution in [-0.2, 0) is 16.0 Å². The number of anilines is 1. The van der Waals surface area contributed by atoms with Crippen LogP contribution in [-0.4, -0.2) is 22.4 Å². The van der Waals surface area contributed by atoms with E-state index in [9.17, 15) is 9.59 Å². The van der Waals surface area contributed by atoms with Crippen LogP contribution in [0.2, 0.25) is 0 Å². The molecule has 0 aromatic carbocycles. The first-order chi connectivity index (χ1) is 16.1. The Morgan fingerprint density at radius 2 is 2.03 bits per heavy atom. The van der Waals surface area contributed by atoms with Crippen LogP contribution in [0.4, 0.5) is 5.82 Å². The molecule has 0 saturated carbocycles. The second kappa shape index (κ2) is 9.70. The number of amides is 1. The SMILES string of the molecule is CCSc1sc(CC)cc1[C@@H]1C(C(=O)Nc2cccc(C)n2)=C(C)NC2=C1C(=O)CC(C)(C)C2. The van der Waals surface area contributed by atoms with Crippen LogP contribution in [0.25, 0.3) is 0 Å². The molecule has 180 valence electrons. The number of hydrogen-bond donors (Lipinski definition) is 2. The molecule has 0 fully saturated rings. The van der Waals surface area contributed by atoms with E-state index in [-0.39, 0.29) is 23.0 Å². The zero-order valence-electron chi connectivity index (χ0n) is 20.8. The van der Waals surface area contributed by atoms with Crippen molar-refractivity contribution in [2.75, 3.05) is 11.1 Å². The van der Waals surface area contributed by atoms with Crippen LogP contribution in [0.15, 0.2) is 51.0 Å². The number of rotatable bonds is 6. The van der Waals surface area contributed by atoms with E-state index in [1.54, 1.807) is 29.2 Å². The lowest BCUT2D eigenvalue weighted by molar-refractivity contribution is -0.118. The molecule has 2 aromatic rings. The number of pyridine rings is 1. The van der Waals surface area contributed by atoms with Crippen molar-refractivity contribution in [2.24, 2.45) is 5.41 Å². The highest BCUT2D eigenvalue weighted by molar-refractivity contribution is 8.01. The predicted octanol–water partition coefficient (Wildman–Crippen LogP) is 6.37. The molecule has 0 saturated heterocycles. The molecule has 1 amide bonds. The molecule has 0 spiro atoms. The maximum atomic E-state index is 13.7. The summed E-state index contributed by atoms with van der Waals surface area (Å²) in [6.07, 6.45) is 2.20. The molecule has 1 aliphatic carbocycles. The van der Waals surface area contributed by atoms with Gasteiger partial charge >= 0.3 is 0 Å². The number of nitrogens with zero attached hydrogens (tertiary/aromatic N) is 1. The number of aryl methyl sites for hydroxylation is 2. The topological polar surface area (TPSA) is 71.1 Å². The van der Waals surface area contributed by atoms with Crippen molar-refractivity contribution in [1.82, 2.24) is 10.3 Å². The molecule has 7 heteroatoms. The van der Waals surface area contributed by atoms with Gasteiger partial charge in [0.2, 0.25) is 0 Å². The molecular formula is C27H33N3O2S2. The van der Waals surface area contributed by atoms with Gasteiger partial charge in [-0.15, -0.1) is 23.1 Å². The molecule has 3 heterocycles. The standard InChI is InChI=1S/C27H33N3O2S2/c1-7-17-12-18(26(34-17)33-8-2)23-22(25(32)30-21-11-9-10-15(3)28-21)16(4)29-19-13-27(5,6)14-20(31)24(19)23/h9-12,23,29H,7-8,13-14H2,1-6H3,(H,28,30,32)/t23-/m1/s1. The molecule has 5 nitrogen and oxygen atoms in total. The van der Waals surface area contributed by atoms with Gasteiger partial charge in [-0.3, -0.25) is 9.59 Å². The Morgan fingerprint density at radius 3 is 2.71 bits per heavy atom. The summed E-state index contributed by atoms with van der Waals surface area (Å²) < 4.78 is 1.20. The summed E-state index contributed by atoms with van der Waals surface area (Å²) in [5.74, 6) is 0.991. The summed E-state index contributed by atoms with van der Waals surface area (Å²) in [5, 5.41) is 6.45. The number of ketones is 1. The lowest BCUT2D eigenvalue weighted by Crippen LogP contribution is -2.39. The molecule has 4 rings (SSSR count). The number of dihydropyridines is 1. The van der Waals surface area contributed by atoms with Crippen molar-refractivity contribution in [3.8, 4) is 0 Å². The van der Waals surface area contributed by atoms with Crippen LogP contribution in [0.3, 0.4) is 0 Å². The number of allylic oxidation sites excluding steroid dienone is 3. The monoisotopic (exact) mass is 495 g/mol. The Morgan fingerprint density at radius 1 is 1.26 bits per heavy atom.